The number of hydrogen-bond donors (Lipinski definition) is 0. The Labute approximate surface area is 246 Å². The van der Waals surface area contributed by atoms with Crippen molar-refractivity contribution in [3.8, 4) is 5.75 Å². The molecule has 0 fully saturated rings. The Morgan fingerprint density at radius 1 is 0.875 bits per heavy atom. The highest BCUT2D eigenvalue weighted by Gasteiger charge is 2.15. The summed E-state index contributed by atoms with van der Waals surface area (Å²) in [6, 6.07) is 18.4. The monoisotopic (exact) mass is 576 g/mol. The molecule has 0 saturated carbocycles. The summed E-state index contributed by atoms with van der Waals surface area (Å²) in [5.74, 6) is 1.50. The van der Waals surface area contributed by atoms with Crippen LogP contribution in [-0.4, -0.2) is 24.2 Å². The Hall–Kier alpha value is -3.17. The van der Waals surface area contributed by atoms with Crippen LogP contribution in [0.4, 0.5) is 27.2 Å². The fourth-order valence-electron chi connectivity index (χ4n) is 4.70. The van der Waals surface area contributed by atoms with E-state index in [1.807, 2.05) is 42.5 Å². The molecule has 1 unspecified atom stereocenters. The number of ether oxygens (including phenoxy) is 1. The molecule has 9 heteroatoms. The van der Waals surface area contributed by atoms with Crippen LogP contribution in [-0.2, 0) is 0 Å². The predicted octanol–water partition coefficient (Wildman–Crippen LogP) is 11.3. The van der Waals surface area contributed by atoms with Crippen LogP contribution in [0.2, 0.25) is 0 Å². The van der Waals surface area contributed by atoms with Crippen molar-refractivity contribution in [3.63, 3.8) is 0 Å². The first-order valence-corrected chi connectivity index (χ1v) is 15.6. The van der Waals surface area contributed by atoms with E-state index in [0.29, 0.717) is 22.5 Å². The molecule has 0 saturated heterocycles. The van der Waals surface area contributed by atoms with Crippen LogP contribution in [0.5, 0.6) is 5.75 Å². The fourth-order valence-corrected chi connectivity index (χ4v) is 6.55. The third-order valence-electron chi connectivity index (χ3n) is 6.40. The minimum absolute atomic E-state index is 0.352. The number of hydrogen-bond acceptors (Lipinski definition) is 9. The normalized spacial score (nSPS) is 13.2. The van der Waals surface area contributed by atoms with Crippen molar-refractivity contribution in [2.45, 2.75) is 67.3 Å². The number of fused-ring (bicyclic) bond motifs is 1. The smallest absolute Gasteiger partial charge is 0.231 e. The van der Waals surface area contributed by atoms with Crippen molar-refractivity contribution < 1.29 is 4.74 Å². The maximum Gasteiger partial charge on any atom is 0.231 e. The van der Waals surface area contributed by atoms with Gasteiger partial charge in [-0.2, -0.15) is 0 Å². The van der Waals surface area contributed by atoms with Gasteiger partial charge in [0.1, 0.15) is 15.6 Å². The SMILES string of the molecule is CCN(c1ccc(/N=N/c2nc3sc(/N=N/c4ccc(OCCC(C)CC(C)(C)C)cc4)cc3s2)cc1)C(C)C. The molecular formula is C31H40N6OS2. The summed E-state index contributed by atoms with van der Waals surface area (Å²) in [4.78, 5) is 7.84. The molecular weight excluding hydrogens is 537 g/mol. The van der Waals surface area contributed by atoms with Gasteiger partial charge in [-0.3, -0.25) is 0 Å². The largest absolute Gasteiger partial charge is 0.494 e. The first kappa shape index (κ1) is 29.8. The van der Waals surface area contributed by atoms with Gasteiger partial charge < -0.3 is 9.64 Å². The molecule has 2 aromatic heterocycles. The van der Waals surface area contributed by atoms with E-state index in [1.165, 1.54) is 34.8 Å². The lowest BCUT2D eigenvalue weighted by atomic mass is 9.84. The molecule has 4 aromatic rings. The highest BCUT2D eigenvalue weighted by molar-refractivity contribution is 7.30. The van der Waals surface area contributed by atoms with Crippen LogP contribution >= 0.6 is 22.7 Å². The van der Waals surface area contributed by atoms with E-state index in [2.05, 4.69) is 90.9 Å². The lowest BCUT2D eigenvalue weighted by molar-refractivity contribution is 0.240. The minimum atomic E-state index is 0.352. The average molecular weight is 577 g/mol. The van der Waals surface area contributed by atoms with E-state index >= 15 is 0 Å². The fraction of sp³-hybridized carbons (Fsp3) is 0.452. The third-order valence-corrected chi connectivity index (χ3v) is 8.33. The molecule has 0 N–H and O–H groups in total. The van der Waals surface area contributed by atoms with Gasteiger partial charge in [0.2, 0.25) is 5.13 Å². The number of azo groups is 2. The highest BCUT2D eigenvalue weighted by atomic mass is 32.1. The van der Waals surface area contributed by atoms with Crippen molar-refractivity contribution in [2.75, 3.05) is 18.1 Å². The Balaban J connectivity index is 1.29. The van der Waals surface area contributed by atoms with Gasteiger partial charge in [-0.15, -0.1) is 20.5 Å². The third kappa shape index (κ3) is 8.66. The summed E-state index contributed by atoms with van der Waals surface area (Å²) < 4.78 is 6.96. The van der Waals surface area contributed by atoms with Crippen molar-refractivity contribution in [3.05, 3.63) is 54.6 Å². The zero-order valence-corrected chi connectivity index (χ0v) is 26.2. The lowest BCUT2D eigenvalue weighted by Gasteiger charge is -2.27. The van der Waals surface area contributed by atoms with Gasteiger partial charge >= 0.3 is 0 Å². The number of thiophene rings is 1. The zero-order valence-electron chi connectivity index (χ0n) is 24.6. The molecule has 0 radical (unpaired) electrons. The topological polar surface area (TPSA) is 74.8 Å². The number of anilines is 1. The number of rotatable bonds is 12. The first-order valence-electron chi connectivity index (χ1n) is 13.9. The van der Waals surface area contributed by atoms with E-state index in [1.54, 1.807) is 0 Å². The summed E-state index contributed by atoms with van der Waals surface area (Å²) in [5, 5.41) is 19.0. The van der Waals surface area contributed by atoms with Gasteiger partial charge in [0.25, 0.3) is 0 Å². The van der Waals surface area contributed by atoms with E-state index in [0.717, 1.165) is 51.2 Å². The quantitative estimate of drug-likeness (QED) is 0.157. The zero-order chi connectivity index (χ0) is 28.7. The standard InChI is InChI=1S/C31H40N6OS2/c1-8-37(21(2)3)25-13-9-23(10-14-25)34-36-30-32-29-27(39-30)19-28(40-29)35-33-24-11-15-26(16-12-24)38-18-17-22(4)20-31(5,6)7/h9-16,19,21-22H,8,17-18,20H2,1-7H3/b35-33+,36-34+. The molecule has 0 bridgehead atoms. The molecule has 0 aliphatic rings. The Morgan fingerprint density at radius 2 is 1.52 bits per heavy atom. The maximum absolute atomic E-state index is 5.93. The van der Waals surface area contributed by atoms with Gasteiger partial charge in [-0.05, 0) is 99.5 Å². The van der Waals surface area contributed by atoms with Crippen LogP contribution in [0.15, 0.2) is 75.1 Å². The number of thiazole rings is 1. The molecule has 0 aliphatic heterocycles. The van der Waals surface area contributed by atoms with Crippen molar-refractivity contribution in [2.24, 2.45) is 31.8 Å². The second-order valence-corrected chi connectivity index (χ2v) is 13.6. The van der Waals surface area contributed by atoms with Crippen LogP contribution in [0.3, 0.4) is 0 Å². The van der Waals surface area contributed by atoms with E-state index < -0.39 is 0 Å². The Kier molecular flexibility index (Phi) is 10.0. The van der Waals surface area contributed by atoms with E-state index in [-0.39, 0.29) is 0 Å². The Morgan fingerprint density at radius 3 is 2.12 bits per heavy atom. The molecule has 212 valence electrons. The minimum Gasteiger partial charge on any atom is -0.494 e. The van der Waals surface area contributed by atoms with Crippen LogP contribution < -0.4 is 9.64 Å². The molecule has 2 aromatic carbocycles. The summed E-state index contributed by atoms with van der Waals surface area (Å²) >= 11 is 3.00. The highest BCUT2D eigenvalue weighted by Crippen LogP contribution is 2.39. The molecule has 0 aliphatic carbocycles. The molecule has 1 atom stereocenters. The second-order valence-electron chi connectivity index (χ2n) is 11.5. The summed E-state index contributed by atoms with van der Waals surface area (Å²) in [7, 11) is 0. The van der Waals surface area contributed by atoms with Gasteiger partial charge in [-0.1, -0.05) is 50.4 Å². The molecule has 2 heterocycles. The average Bonchev–Trinajstić information content (AvgIpc) is 3.45. The van der Waals surface area contributed by atoms with Crippen molar-refractivity contribution >= 4 is 59.4 Å². The predicted molar refractivity (Wildman–Crippen MR) is 170 cm³/mol. The maximum atomic E-state index is 5.93. The van der Waals surface area contributed by atoms with Gasteiger partial charge in [0, 0.05) is 18.3 Å². The van der Waals surface area contributed by atoms with Crippen molar-refractivity contribution in [1.82, 2.24) is 4.98 Å². The van der Waals surface area contributed by atoms with Crippen molar-refractivity contribution in [1.29, 1.82) is 0 Å². The van der Waals surface area contributed by atoms with Gasteiger partial charge in [0.05, 0.1) is 22.7 Å². The van der Waals surface area contributed by atoms with Gasteiger partial charge in [0.15, 0.2) is 0 Å². The molecule has 40 heavy (non-hydrogen) atoms. The number of benzene rings is 2. The van der Waals surface area contributed by atoms with E-state index in [9.17, 15) is 0 Å². The Bertz CT molecular complexity index is 1380. The summed E-state index contributed by atoms with van der Waals surface area (Å²) in [6.07, 6.45) is 2.25. The molecule has 0 spiro atoms. The first-order chi connectivity index (χ1) is 19.1. The molecule has 4 rings (SSSR count). The molecule has 0 amide bonds. The second kappa shape index (κ2) is 13.5. The van der Waals surface area contributed by atoms with Crippen LogP contribution in [0.25, 0.3) is 9.53 Å². The van der Waals surface area contributed by atoms with Crippen LogP contribution in [0.1, 0.15) is 61.3 Å². The molecule has 7 nitrogen and oxygen atoms in total. The van der Waals surface area contributed by atoms with Gasteiger partial charge in [-0.25, -0.2) is 4.98 Å². The lowest BCUT2D eigenvalue weighted by Crippen LogP contribution is -2.30. The summed E-state index contributed by atoms with van der Waals surface area (Å²) in [5.41, 5.74) is 3.14. The van der Waals surface area contributed by atoms with E-state index in [4.69, 9.17) is 4.74 Å². The van der Waals surface area contributed by atoms with Crippen LogP contribution in [0, 0.1) is 11.3 Å². The number of nitrogens with zero attached hydrogens (tertiary/aromatic N) is 6. The number of aromatic nitrogens is 1. The summed E-state index contributed by atoms with van der Waals surface area (Å²) in [6.45, 7) is 17.4.